The SMILES string of the molecule is [B]C([B])(OP1(=O)OCc2cccc(C)c2O1)[C@@]1(F)O[C@@]([B])(n2ccc(=O)[nH]c2=S)[C@H](O)[C@@H]1O. The zero-order valence-corrected chi connectivity index (χ0v) is 18.7. The van der Waals surface area contributed by atoms with Gasteiger partial charge in [-0.3, -0.25) is 18.8 Å². The number of aliphatic hydroxyl groups is 2. The van der Waals surface area contributed by atoms with Gasteiger partial charge < -0.3 is 24.0 Å². The number of nitrogens with zero attached hydrogens (tertiary/aromatic N) is 1. The Kier molecular flexibility index (Phi) is 5.85. The van der Waals surface area contributed by atoms with Crippen LogP contribution in [0.5, 0.6) is 5.75 Å². The molecule has 0 spiro atoms. The number of aryl methyl sites for hydroxylation is 1. The predicted molar refractivity (Wildman–Crippen MR) is 116 cm³/mol. The molecule has 1 fully saturated rings. The maximum absolute atomic E-state index is 16.0. The lowest BCUT2D eigenvalue weighted by Crippen LogP contribution is -2.60. The van der Waals surface area contributed by atoms with Crippen molar-refractivity contribution in [2.75, 3.05) is 0 Å². The number of hydrogen-bond donors (Lipinski definition) is 3. The van der Waals surface area contributed by atoms with Crippen molar-refractivity contribution >= 4 is 43.6 Å². The molecule has 0 aliphatic carbocycles. The number of nitrogens with one attached hydrogen (secondary N) is 1. The van der Waals surface area contributed by atoms with E-state index >= 15 is 4.39 Å². The van der Waals surface area contributed by atoms with E-state index in [4.69, 9.17) is 54.1 Å². The summed E-state index contributed by atoms with van der Waals surface area (Å²) in [6.07, 6.45) is -3.77. The summed E-state index contributed by atoms with van der Waals surface area (Å²) < 4.78 is 50.0. The Morgan fingerprint density at radius 1 is 1.36 bits per heavy atom. The van der Waals surface area contributed by atoms with Gasteiger partial charge in [0.15, 0.2) is 4.77 Å². The molecule has 6 radical (unpaired) electrons. The van der Waals surface area contributed by atoms with Gasteiger partial charge in [0.05, 0.1) is 12.0 Å². The van der Waals surface area contributed by atoms with E-state index in [1.807, 2.05) is 0 Å². The highest BCUT2D eigenvalue weighted by Gasteiger charge is 2.68. The number of aliphatic hydroxyl groups excluding tert-OH is 2. The molecule has 1 unspecified atom stereocenters. The number of rotatable bonds is 4. The lowest BCUT2D eigenvalue weighted by molar-refractivity contribution is -0.240. The largest absolute Gasteiger partial charge is 0.529 e. The lowest BCUT2D eigenvalue weighted by Gasteiger charge is -2.42. The molecule has 33 heavy (non-hydrogen) atoms. The van der Waals surface area contributed by atoms with E-state index < -0.39 is 42.5 Å². The van der Waals surface area contributed by atoms with Crippen molar-refractivity contribution in [2.24, 2.45) is 0 Å². The molecular formula is C17H15B3FN2O8PS. The Morgan fingerprint density at radius 2 is 2.06 bits per heavy atom. The monoisotopic (exact) mass is 490 g/mol. The molecule has 2 aromatic rings. The van der Waals surface area contributed by atoms with Gasteiger partial charge in [0, 0.05) is 17.8 Å². The Labute approximate surface area is 195 Å². The summed E-state index contributed by atoms with van der Waals surface area (Å²) in [6, 6.07) is 6.00. The topological polar surface area (TPSA) is 132 Å². The van der Waals surface area contributed by atoms with Gasteiger partial charge in [-0.2, -0.15) is 0 Å². The number of hydrogen-bond acceptors (Lipinski definition) is 9. The van der Waals surface area contributed by atoms with Crippen LogP contribution in [-0.4, -0.2) is 66.8 Å². The van der Waals surface area contributed by atoms with Crippen LogP contribution in [0.4, 0.5) is 4.39 Å². The molecule has 2 aliphatic rings. The summed E-state index contributed by atoms with van der Waals surface area (Å²) in [5, 5.41) is 17.7. The first kappa shape index (κ1) is 24.4. The quantitative estimate of drug-likeness (QED) is 0.311. The number of alkyl halides is 1. The number of fused-ring (bicyclic) bond motifs is 1. The van der Waals surface area contributed by atoms with Crippen molar-refractivity contribution in [3.05, 3.63) is 56.7 Å². The van der Waals surface area contributed by atoms with E-state index in [1.54, 1.807) is 25.1 Å². The standard InChI is InChI=1S/C17H15B3FN2O8PS/c1-8-3-2-4-9-7-28-32(27,29-11(8)9)31-17(19,20)15(21)12(25)13(26)16(18,30-15)23-6-5-10(24)22-14(23)33/h2-6,12-13,25-26H,7H2,1H3,(H,22,24,33)/t12-,13+,15-,16-,32?/m0/s1. The molecule has 0 bridgehead atoms. The number of benzene rings is 1. The van der Waals surface area contributed by atoms with E-state index in [-0.39, 0.29) is 17.1 Å². The fraction of sp³-hybridized carbons (Fsp3) is 0.412. The number of halogens is 1. The van der Waals surface area contributed by atoms with Gasteiger partial charge in [-0.1, -0.05) is 18.2 Å². The van der Waals surface area contributed by atoms with Gasteiger partial charge in [0.1, 0.15) is 47.1 Å². The molecule has 3 N–H and O–H groups in total. The van der Waals surface area contributed by atoms with Gasteiger partial charge in [-0.25, -0.2) is 8.96 Å². The van der Waals surface area contributed by atoms with Crippen LogP contribution >= 0.6 is 20.0 Å². The number of aromatic amines is 1. The maximum Gasteiger partial charge on any atom is 0.529 e. The van der Waals surface area contributed by atoms with Crippen LogP contribution in [0.2, 0.25) is 0 Å². The van der Waals surface area contributed by atoms with Crippen molar-refractivity contribution in [1.82, 2.24) is 9.55 Å². The molecule has 10 nitrogen and oxygen atoms in total. The zero-order chi connectivity index (χ0) is 24.4. The van der Waals surface area contributed by atoms with Crippen LogP contribution in [0, 0.1) is 11.7 Å². The minimum Gasteiger partial charge on any atom is -0.403 e. The van der Waals surface area contributed by atoms with Crippen molar-refractivity contribution in [3.8, 4) is 5.75 Å². The second-order valence-corrected chi connectivity index (χ2v) is 9.53. The summed E-state index contributed by atoms with van der Waals surface area (Å²) in [5.41, 5.74) is -2.10. The van der Waals surface area contributed by atoms with E-state index in [9.17, 15) is 19.6 Å². The summed E-state index contributed by atoms with van der Waals surface area (Å²) in [6.45, 7) is 1.43. The first-order chi connectivity index (χ1) is 15.2. The minimum atomic E-state index is -4.64. The number of phosphoric ester groups is 1. The third-order valence-corrected chi connectivity index (χ3v) is 6.96. The molecule has 2 aliphatic heterocycles. The molecule has 3 heterocycles. The second-order valence-electron chi connectivity index (χ2n) is 7.63. The average molecular weight is 490 g/mol. The minimum absolute atomic E-state index is 0.163. The van der Waals surface area contributed by atoms with Crippen molar-refractivity contribution in [1.29, 1.82) is 0 Å². The highest BCUT2D eigenvalue weighted by Crippen LogP contribution is 2.59. The second kappa shape index (κ2) is 7.91. The average Bonchev–Trinajstić information content (AvgIpc) is 2.90. The maximum atomic E-state index is 16.0. The highest BCUT2D eigenvalue weighted by molar-refractivity contribution is 7.71. The van der Waals surface area contributed by atoms with Gasteiger partial charge in [0.2, 0.25) is 0 Å². The molecule has 168 valence electrons. The molecule has 16 heteroatoms. The number of para-hydroxylation sites is 1. The number of aromatic nitrogens is 2. The Hall–Kier alpha value is -1.73. The molecule has 1 aromatic carbocycles. The van der Waals surface area contributed by atoms with Crippen LogP contribution in [0.3, 0.4) is 0 Å². The molecule has 1 saturated heterocycles. The van der Waals surface area contributed by atoms with Crippen molar-refractivity contribution < 1.29 is 37.5 Å². The summed E-state index contributed by atoms with van der Waals surface area (Å²) in [5.74, 6) is -3.50. The van der Waals surface area contributed by atoms with Gasteiger partial charge in [0.25, 0.3) is 11.4 Å². The molecule has 0 amide bonds. The van der Waals surface area contributed by atoms with Gasteiger partial charge >= 0.3 is 7.82 Å². The smallest absolute Gasteiger partial charge is 0.403 e. The van der Waals surface area contributed by atoms with Crippen LogP contribution in [0.15, 0.2) is 35.3 Å². The van der Waals surface area contributed by atoms with Crippen LogP contribution in [0.1, 0.15) is 11.1 Å². The first-order valence-electron chi connectivity index (χ1n) is 9.40. The molecular weight excluding hydrogens is 475 g/mol. The third-order valence-electron chi connectivity index (χ3n) is 5.29. The Bertz CT molecular complexity index is 1280. The van der Waals surface area contributed by atoms with Crippen LogP contribution < -0.4 is 10.1 Å². The Morgan fingerprint density at radius 3 is 2.73 bits per heavy atom. The zero-order valence-electron chi connectivity index (χ0n) is 17.0. The number of H-pyrrole nitrogens is 1. The number of phosphoric acid groups is 1. The van der Waals surface area contributed by atoms with Crippen molar-refractivity contribution in [2.45, 2.75) is 42.6 Å². The van der Waals surface area contributed by atoms with Crippen molar-refractivity contribution in [3.63, 3.8) is 0 Å². The highest BCUT2D eigenvalue weighted by atomic mass is 32.1. The molecule has 0 saturated carbocycles. The fourth-order valence-electron chi connectivity index (χ4n) is 3.52. The van der Waals surface area contributed by atoms with Gasteiger partial charge in [-0.15, -0.1) is 0 Å². The summed E-state index contributed by atoms with van der Waals surface area (Å²) in [7, 11) is 12.8. The van der Waals surface area contributed by atoms with E-state index in [1.165, 1.54) is 0 Å². The number of ether oxygens (including phenoxy) is 1. The Balaban J connectivity index is 1.67. The summed E-state index contributed by atoms with van der Waals surface area (Å²) >= 11 is 4.96. The van der Waals surface area contributed by atoms with E-state index in [2.05, 4.69) is 4.98 Å². The molecule has 5 atom stereocenters. The summed E-state index contributed by atoms with van der Waals surface area (Å²) in [4.78, 5) is 13.6. The fourth-order valence-corrected chi connectivity index (χ4v) is 5.24. The molecule has 1 aromatic heterocycles. The first-order valence-corrected chi connectivity index (χ1v) is 11.3. The normalized spacial score (nSPS) is 33.9. The van der Waals surface area contributed by atoms with E-state index in [0.717, 1.165) is 16.8 Å². The van der Waals surface area contributed by atoms with Crippen LogP contribution in [-0.2, 0) is 30.6 Å². The van der Waals surface area contributed by atoms with Gasteiger partial charge in [-0.05, 0) is 24.7 Å². The van der Waals surface area contributed by atoms with Crippen LogP contribution in [0.25, 0.3) is 0 Å². The third kappa shape index (κ3) is 3.85. The lowest BCUT2D eigenvalue weighted by atomic mass is 9.59. The predicted octanol–water partition coefficient (Wildman–Crippen LogP) is 0.136. The molecule has 4 rings (SSSR count). The van der Waals surface area contributed by atoms with E-state index in [0.29, 0.717) is 11.1 Å².